The van der Waals surface area contributed by atoms with Crippen LogP contribution in [0.2, 0.25) is 0 Å². The van der Waals surface area contributed by atoms with Crippen LogP contribution in [0.1, 0.15) is 21.7 Å². The second-order valence-corrected chi connectivity index (χ2v) is 6.98. The second-order valence-electron chi connectivity index (χ2n) is 6.98. The van der Waals surface area contributed by atoms with Gasteiger partial charge in [0.05, 0.1) is 0 Å². The average Bonchev–Trinajstić information content (AvgIpc) is 3.07. The van der Waals surface area contributed by atoms with Crippen molar-refractivity contribution in [2.75, 3.05) is 25.1 Å². The van der Waals surface area contributed by atoms with Gasteiger partial charge in [0.15, 0.2) is 6.61 Å². The number of halogens is 2. The molecule has 32 heavy (non-hydrogen) atoms. The number of carbonyl (C=O) groups is 2. The van der Waals surface area contributed by atoms with Gasteiger partial charge >= 0.3 is 12.6 Å². The van der Waals surface area contributed by atoms with Gasteiger partial charge in [-0.25, -0.2) is 9.97 Å². The minimum Gasteiger partial charge on any atom is -0.456 e. The lowest BCUT2D eigenvalue weighted by molar-refractivity contribution is -0.140. The summed E-state index contributed by atoms with van der Waals surface area (Å²) < 4.78 is 36.0. The highest BCUT2D eigenvalue weighted by atomic mass is 19.3. The molecule has 3 aromatic rings. The molecule has 2 heterocycles. The zero-order chi connectivity index (χ0) is 23.3. The van der Waals surface area contributed by atoms with Crippen molar-refractivity contribution in [1.29, 1.82) is 0 Å². The van der Waals surface area contributed by atoms with Crippen molar-refractivity contribution >= 4 is 17.7 Å². The Bertz CT molecular complexity index is 1090. The molecule has 168 valence electrons. The SMILES string of the molecule is Cc1cc(C(=O)COC(=O)CN(C)c2ncccn2)c(C)n1-c1ccc(OC(F)F)cc1. The molecule has 2 aromatic heterocycles. The first-order valence-corrected chi connectivity index (χ1v) is 9.67. The van der Waals surface area contributed by atoms with Crippen LogP contribution < -0.4 is 9.64 Å². The number of nitrogens with zero attached hydrogens (tertiary/aromatic N) is 4. The van der Waals surface area contributed by atoms with Gasteiger partial charge in [-0.05, 0) is 50.2 Å². The van der Waals surface area contributed by atoms with Crippen LogP contribution in [0.4, 0.5) is 14.7 Å². The molecule has 10 heteroatoms. The van der Waals surface area contributed by atoms with E-state index in [0.29, 0.717) is 22.9 Å². The number of esters is 1. The van der Waals surface area contributed by atoms with Crippen molar-refractivity contribution in [3.8, 4) is 11.4 Å². The molecule has 0 amide bonds. The van der Waals surface area contributed by atoms with E-state index >= 15 is 0 Å². The van der Waals surface area contributed by atoms with Gasteiger partial charge in [0.25, 0.3) is 0 Å². The van der Waals surface area contributed by atoms with E-state index in [4.69, 9.17) is 4.74 Å². The van der Waals surface area contributed by atoms with Crippen LogP contribution >= 0.6 is 0 Å². The molecule has 0 atom stereocenters. The maximum absolute atomic E-state index is 12.7. The zero-order valence-electron chi connectivity index (χ0n) is 17.8. The van der Waals surface area contributed by atoms with Gasteiger partial charge in [-0.2, -0.15) is 8.78 Å². The lowest BCUT2D eigenvalue weighted by Gasteiger charge is -2.15. The summed E-state index contributed by atoms with van der Waals surface area (Å²) in [5.74, 6) is -0.532. The molecule has 8 nitrogen and oxygen atoms in total. The molecule has 1 aromatic carbocycles. The highest BCUT2D eigenvalue weighted by Crippen LogP contribution is 2.24. The quantitative estimate of drug-likeness (QED) is 0.370. The number of benzene rings is 1. The average molecular weight is 444 g/mol. The van der Waals surface area contributed by atoms with E-state index in [1.807, 2.05) is 11.5 Å². The predicted molar refractivity (Wildman–Crippen MR) is 112 cm³/mol. The van der Waals surface area contributed by atoms with Crippen molar-refractivity contribution < 1.29 is 27.8 Å². The Balaban J connectivity index is 1.64. The summed E-state index contributed by atoms with van der Waals surface area (Å²) in [6.45, 7) is 0.153. The standard InChI is InChI=1S/C22H22F2N4O4/c1-14-11-18(15(2)28(14)16-5-7-17(8-6-16)32-21(23)24)19(29)13-31-20(30)12-27(3)22-25-9-4-10-26-22/h4-11,21H,12-13H2,1-3H3. The molecule has 0 fully saturated rings. The van der Waals surface area contributed by atoms with E-state index in [2.05, 4.69) is 14.7 Å². The summed E-state index contributed by atoms with van der Waals surface area (Å²) in [5, 5.41) is 0. The number of carbonyl (C=O) groups excluding carboxylic acids is 2. The fourth-order valence-electron chi connectivity index (χ4n) is 3.24. The van der Waals surface area contributed by atoms with Crippen LogP contribution in [0.15, 0.2) is 48.8 Å². The predicted octanol–water partition coefficient (Wildman–Crippen LogP) is 3.35. The number of hydrogen-bond donors (Lipinski definition) is 0. The Morgan fingerprint density at radius 3 is 2.41 bits per heavy atom. The molecule has 0 bridgehead atoms. The van der Waals surface area contributed by atoms with Gasteiger partial charge in [-0.3, -0.25) is 9.59 Å². The van der Waals surface area contributed by atoms with Crippen LogP contribution in [-0.4, -0.2) is 53.1 Å². The Morgan fingerprint density at radius 2 is 1.78 bits per heavy atom. The molecule has 0 unspecified atom stereocenters. The number of hydrogen-bond acceptors (Lipinski definition) is 7. The number of aromatic nitrogens is 3. The third kappa shape index (κ3) is 5.45. The fraction of sp³-hybridized carbons (Fsp3) is 0.273. The van der Waals surface area contributed by atoms with Gasteiger partial charge in [0.2, 0.25) is 11.7 Å². The van der Waals surface area contributed by atoms with E-state index in [1.54, 1.807) is 50.6 Å². The van der Waals surface area contributed by atoms with Crippen LogP contribution in [0.5, 0.6) is 5.75 Å². The lowest BCUT2D eigenvalue weighted by atomic mass is 10.1. The van der Waals surface area contributed by atoms with Crippen LogP contribution in [0.25, 0.3) is 5.69 Å². The second kappa shape index (κ2) is 9.99. The van der Waals surface area contributed by atoms with Crippen LogP contribution in [0.3, 0.4) is 0 Å². The van der Waals surface area contributed by atoms with Gasteiger partial charge in [0, 0.05) is 42.1 Å². The highest BCUT2D eigenvalue weighted by molar-refractivity contribution is 5.99. The number of aryl methyl sites for hydroxylation is 1. The maximum Gasteiger partial charge on any atom is 0.387 e. The van der Waals surface area contributed by atoms with Crippen molar-refractivity contribution in [3.63, 3.8) is 0 Å². The molecular weight excluding hydrogens is 422 g/mol. The number of Topliss-reactive ketones (excluding diaryl/α,β-unsaturated/α-hetero) is 1. The number of likely N-dealkylation sites (N-methyl/N-ethyl adjacent to an activating group) is 1. The molecule has 0 spiro atoms. The lowest BCUT2D eigenvalue weighted by Crippen LogP contribution is -2.29. The minimum absolute atomic E-state index is 0.0419. The molecule has 0 saturated heterocycles. The molecule has 0 saturated carbocycles. The van der Waals surface area contributed by atoms with Gasteiger partial charge < -0.3 is 18.9 Å². The topological polar surface area (TPSA) is 86.6 Å². The minimum atomic E-state index is -2.90. The summed E-state index contributed by atoms with van der Waals surface area (Å²) in [4.78, 5) is 34.4. The van der Waals surface area contributed by atoms with Gasteiger partial charge in [-0.15, -0.1) is 0 Å². The number of ketones is 1. The number of ether oxygens (including phenoxy) is 2. The van der Waals surface area contributed by atoms with Gasteiger partial charge in [0.1, 0.15) is 12.3 Å². The molecule has 0 aliphatic heterocycles. The molecule has 0 radical (unpaired) electrons. The van der Waals surface area contributed by atoms with E-state index in [-0.39, 0.29) is 18.1 Å². The Labute approximate surface area is 183 Å². The molecule has 3 rings (SSSR count). The Hall–Kier alpha value is -3.82. The Morgan fingerprint density at radius 1 is 1.12 bits per heavy atom. The first-order valence-electron chi connectivity index (χ1n) is 9.67. The fourth-order valence-corrected chi connectivity index (χ4v) is 3.24. The van der Waals surface area contributed by atoms with Crippen LogP contribution in [0, 0.1) is 13.8 Å². The number of alkyl halides is 2. The van der Waals surface area contributed by atoms with Crippen LogP contribution in [-0.2, 0) is 9.53 Å². The number of rotatable bonds is 9. The maximum atomic E-state index is 12.7. The third-order valence-electron chi connectivity index (χ3n) is 4.68. The summed E-state index contributed by atoms with van der Waals surface area (Å²) >= 11 is 0. The zero-order valence-corrected chi connectivity index (χ0v) is 17.8. The Kier molecular flexibility index (Phi) is 7.14. The summed E-state index contributed by atoms with van der Waals surface area (Å²) in [6.07, 6.45) is 3.12. The van der Waals surface area contributed by atoms with E-state index in [9.17, 15) is 18.4 Å². The van der Waals surface area contributed by atoms with E-state index < -0.39 is 19.2 Å². The largest absolute Gasteiger partial charge is 0.456 e. The summed E-state index contributed by atoms with van der Waals surface area (Å²) in [6, 6.07) is 9.45. The van der Waals surface area contributed by atoms with E-state index in [0.717, 1.165) is 5.69 Å². The van der Waals surface area contributed by atoms with E-state index in [1.165, 1.54) is 17.0 Å². The molecule has 0 aliphatic carbocycles. The molecular formula is C22H22F2N4O4. The first kappa shape index (κ1) is 22.9. The van der Waals surface area contributed by atoms with Crippen molar-refractivity contribution in [2.45, 2.75) is 20.5 Å². The van der Waals surface area contributed by atoms with Crippen molar-refractivity contribution in [1.82, 2.24) is 14.5 Å². The third-order valence-corrected chi connectivity index (χ3v) is 4.68. The normalized spacial score (nSPS) is 10.8. The van der Waals surface area contributed by atoms with Crippen molar-refractivity contribution in [2.24, 2.45) is 0 Å². The monoisotopic (exact) mass is 444 g/mol. The molecule has 0 aliphatic rings. The van der Waals surface area contributed by atoms with Gasteiger partial charge in [-0.1, -0.05) is 0 Å². The highest BCUT2D eigenvalue weighted by Gasteiger charge is 2.19. The summed E-state index contributed by atoms with van der Waals surface area (Å²) in [5.41, 5.74) is 2.49. The number of anilines is 1. The smallest absolute Gasteiger partial charge is 0.387 e. The van der Waals surface area contributed by atoms with Crippen molar-refractivity contribution in [3.05, 3.63) is 65.7 Å². The first-order chi connectivity index (χ1) is 15.3. The summed E-state index contributed by atoms with van der Waals surface area (Å²) in [7, 11) is 1.64. The molecule has 0 N–H and O–H groups in total.